The minimum atomic E-state index is -0.425. The highest BCUT2D eigenvalue weighted by Gasteiger charge is 2.33. The van der Waals surface area contributed by atoms with Crippen molar-refractivity contribution in [2.24, 2.45) is 0 Å². The van der Waals surface area contributed by atoms with Crippen LogP contribution in [0.15, 0.2) is 227 Å². The first-order valence-corrected chi connectivity index (χ1v) is 37.6. The van der Waals surface area contributed by atoms with Crippen LogP contribution in [0.4, 0.5) is 34.5 Å². The molecule has 10 heterocycles. The molecule has 3 aliphatic heterocycles. The SMILES string of the molecule is CN(C)C/C=C/C(=O)Nc1cccc2c1OCc1[nH]c(=O)c3c(N)n(-c4ccc(Oc5ccccc5)cc4)nc3c1-2.CN(C)C/C=C/C(=O)Nc1ccnc2c1COc1[nH]c(=O)c3c(N)n(-c4ccc(Oc5ccccc5)cc4)nc3c1-2.Cc1ccc(Cl)c(-n2nc3c4c([nH]c(=O)c3c2N)OCc2c(NC(=O)/C=C/CN(C)C)cccc2-4)c1. The van der Waals surface area contributed by atoms with Gasteiger partial charge in [-0.25, -0.2) is 14.0 Å². The highest BCUT2D eigenvalue weighted by Crippen LogP contribution is 2.47. The van der Waals surface area contributed by atoms with Gasteiger partial charge in [-0.2, -0.15) is 15.3 Å². The molecule has 0 radical (unpaired) electrons. The van der Waals surface area contributed by atoms with Crippen molar-refractivity contribution >= 4 is 96.5 Å². The van der Waals surface area contributed by atoms with Crippen molar-refractivity contribution in [2.45, 2.75) is 26.7 Å². The number of carbonyl (C=O) groups excluding carboxylic acids is 3. The molecule has 0 aliphatic carbocycles. The Morgan fingerprint density at radius 3 is 1.46 bits per heavy atom. The van der Waals surface area contributed by atoms with Crippen LogP contribution in [-0.2, 0) is 34.2 Å². The number of hydrogen-bond acceptors (Lipinski definition) is 21. The number of rotatable bonds is 19. The summed E-state index contributed by atoms with van der Waals surface area (Å²) in [5, 5.41) is 24.1. The fourth-order valence-electron chi connectivity index (χ4n) is 13.7. The van der Waals surface area contributed by atoms with Gasteiger partial charge in [0, 0.05) is 72.0 Å². The van der Waals surface area contributed by atoms with E-state index in [1.807, 2.05) is 191 Å². The molecule has 3 amide bonds. The highest BCUT2D eigenvalue weighted by molar-refractivity contribution is 6.32. The third-order valence-electron chi connectivity index (χ3n) is 19.2. The number of anilines is 6. The monoisotopic (exact) mass is 1600 g/mol. The number of hydrogen-bond donors (Lipinski definition) is 9. The van der Waals surface area contributed by atoms with Crippen molar-refractivity contribution in [3.63, 3.8) is 0 Å². The number of amides is 3. The van der Waals surface area contributed by atoms with Crippen LogP contribution in [0, 0.1) is 6.92 Å². The number of H-pyrrole nitrogens is 3. The molecule has 12 N–H and O–H groups in total. The number of aryl methyl sites for hydroxylation is 1. The molecule has 7 aromatic carbocycles. The van der Waals surface area contributed by atoms with Crippen LogP contribution in [0.1, 0.15) is 22.4 Å². The maximum absolute atomic E-state index is 13.1. The summed E-state index contributed by atoms with van der Waals surface area (Å²) < 4.78 is 34.2. The molecule has 0 saturated carbocycles. The number of halogens is 1. The second-order valence-corrected chi connectivity index (χ2v) is 28.9. The predicted molar refractivity (Wildman–Crippen MR) is 457 cm³/mol. The summed E-state index contributed by atoms with van der Waals surface area (Å²) >= 11 is 6.44. The van der Waals surface area contributed by atoms with Crippen LogP contribution < -0.4 is 73.5 Å². The lowest BCUT2D eigenvalue weighted by molar-refractivity contribution is -0.112. The van der Waals surface area contributed by atoms with E-state index < -0.39 is 11.1 Å². The lowest BCUT2D eigenvalue weighted by Gasteiger charge is -2.23. The number of benzene rings is 7. The predicted octanol–water partition coefficient (Wildman–Crippen LogP) is 12.7. The number of pyridine rings is 4. The Morgan fingerprint density at radius 1 is 0.483 bits per heavy atom. The van der Waals surface area contributed by atoms with Crippen LogP contribution in [0.25, 0.3) is 83.3 Å². The fourth-order valence-corrected chi connectivity index (χ4v) is 13.9. The summed E-state index contributed by atoms with van der Waals surface area (Å²) in [6.07, 6.45) is 11.4. The van der Waals surface area contributed by atoms with Gasteiger partial charge >= 0.3 is 0 Å². The topological polar surface area (TPSA) is 386 Å². The molecule has 7 aromatic heterocycles. The molecule has 17 rings (SSSR count). The van der Waals surface area contributed by atoms with Gasteiger partial charge in [-0.15, -0.1) is 0 Å². The summed E-state index contributed by atoms with van der Waals surface area (Å²) in [6.45, 7) is 4.24. The number of para-hydroxylation sites is 3. The molecule has 0 fully saturated rings. The molecular weight excluding hydrogens is 1520 g/mol. The van der Waals surface area contributed by atoms with Gasteiger partial charge in [-0.3, -0.25) is 43.7 Å². The van der Waals surface area contributed by atoms with Crippen molar-refractivity contribution in [1.82, 2.24) is 64.0 Å². The van der Waals surface area contributed by atoms with Gasteiger partial charge in [0.15, 0.2) is 5.75 Å². The zero-order valence-electron chi connectivity index (χ0n) is 65.0. The van der Waals surface area contributed by atoms with Gasteiger partial charge in [0.2, 0.25) is 29.5 Å². The van der Waals surface area contributed by atoms with E-state index in [1.54, 1.807) is 71.6 Å². The standard InChI is InChI=1S/C31H28N6O4.C30H27N7O4.C26H25ClN6O3/c1-36(2)17-7-12-25(38)33-23-11-6-10-22-26-24(18-40-29(22)23)34-31(39)27-28(26)35-37(30(27)32)19-13-15-21(16-14-19)41-20-8-4-3-5-9-20;1-36(2)16-6-9-23(38)33-22-14-15-32-26-21(22)17-40-30-24(26)27-25(29(39)34-30)28(31)37(35-27)18-10-12-20(13-11-18)41-19-7-4-3-5-8-19;1-14-9-10-17(27)19(12-14)33-24(28)22-23(31-33)21-15-6-4-7-18(29-20(34)8-5-11-32(2)3)16(15)13-36-26(21)30-25(22)35/h3-16H,17-18,32H2,1-2H3,(H,33,38)(H,34,39);3-15H,16-17,31H2,1-2H3,(H,34,39)(H,32,33,38);4-10,12H,11,13,28H2,1-3H3,(H,29,34)(H,30,35)/b12-7+;9-6+;8-5+. The van der Waals surface area contributed by atoms with Crippen molar-refractivity contribution in [2.75, 3.05) is 95.1 Å². The fraction of sp³-hybridized carbons (Fsp3) is 0.149. The van der Waals surface area contributed by atoms with E-state index >= 15 is 0 Å². The molecule has 31 heteroatoms. The summed E-state index contributed by atoms with van der Waals surface area (Å²) in [5.74, 6) is 3.55. The molecule has 0 unspecified atom stereocenters. The zero-order chi connectivity index (χ0) is 82.6. The Hall–Kier alpha value is -14.9. The number of nitrogens with one attached hydrogen (secondary N) is 6. The normalized spacial score (nSPS) is 12.4. The summed E-state index contributed by atoms with van der Waals surface area (Å²) in [4.78, 5) is 95.7. The second-order valence-electron chi connectivity index (χ2n) is 28.5. The number of ether oxygens (including phenoxy) is 5. The first-order chi connectivity index (χ1) is 57.0. The quantitative estimate of drug-likeness (QED) is 0.0340. The van der Waals surface area contributed by atoms with Crippen LogP contribution in [0.2, 0.25) is 5.02 Å². The number of nitrogens with zero attached hydrogens (tertiary/aromatic N) is 10. The van der Waals surface area contributed by atoms with Crippen LogP contribution in [0.3, 0.4) is 0 Å². The van der Waals surface area contributed by atoms with Crippen LogP contribution in [-0.4, -0.2) is 144 Å². The number of nitrogens with two attached hydrogens (primary N) is 3. The largest absolute Gasteiger partial charge is 0.485 e. The molecule has 14 aromatic rings. The van der Waals surface area contributed by atoms with E-state index in [0.29, 0.717) is 143 Å². The van der Waals surface area contributed by atoms with Crippen LogP contribution >= 0.6 is 11.6 Å². The van der Waals surface area contributed by atoms with E-state index in [2.05, 4.69) is 35.9 Å². The third-order valence-corrected chi connectivity index (χ3v) is 19.5. The van der Waals surface area contributed by atoms with E-state index in [0.717, 1.165) is 22.4 Å². The number of carbonyl (C=O) groups is 3. The van der Waals surface area contributed by atoms with Crippen molar-refractivity contribution < 1.29 is 38.1 Å². The maximum Gasteiger partial charge on any atom is 0.264 e. The number of aromatic nitrogens is 10. The lowest BCUT2D eigenvalue weighted by Crippen LogP contribution is -2.18. The molecule has 30 nitrogen and oxygen atoms in total. The number of aromatic amines is 3. The minimum Gasteiger partial charge on any atom is -0.485 e. The van der Waals surface area contributed by atoms with E-state index in [4.69, 9.17) is 67.8 Å². The molecular formula is C87H80ClN19O11. The van der Waals surface area contributed by atoms with Gasteiger partial charge in [-0.1, -0.05) is 96.6 Å². The van der Waals surface area contributed by atoms with Gasteiger partial charge in [0.1, 0.15) is 93.0 Å². The van der Waals surface area contributed by atoms with Crippen molar-refractivity contribution in [3.05, 3.63) is 271 Å². The molecule has 0 bridgehead atoms. The molecule has 596 valence electrons. The first-order valence-electron chi connectivity index (χ1n) is 37.3. The maximum atomic E-state index is 13.1. The van der Waals surface area contributed by atoms with E-state index in [-0.39, 0.29) is 82.6 Å². The molecule has 0 spiro atoms. The Kier molecular flexibility index (Phi) is 22.4. The molecule has 3 aliphatic rings. The Morgan fingerprint density at radius 2 is 0.924 bits per heavy atom. The molecule has 118 heavy (non-hydrogen) atoms. The smallest absolute Gasteiger partial charge is 0.264 e. The van der Waals surface area contributed by atoms with Gasteiger partial charge in [-0.05, 0) is 163 Å². The Labute approximate surface area is 678 Å². The third kappa shape index (κ3) is 16.3. The summed E-state index contributed by atoms with van der Waals surface area (Å²) in [5.41, 5.74) is 29.8. The molecule has 0 saturated heterocycles. The van der Waals surface area contributed by atoms with Gasteiger partial charge in [0.05, 0.1) is 56.0 Å². The number of likely N-dealkylation sites (N-methyl/N-ethyl adjacent to an activating group) is 3. The van der Waals surface area contributed by atoms with Crippen molar-refractivity contribution in [1.29, 1.82) is 0 Å². The molecule has 0 atom stereocenters. The van der Waals surface area contributed by atoms with Gasteiger partial charge in [0.25, 0.3) is 16.7 Å². The minimum absolute atomic E-state index is 0.105. The lowest BCUT2D eigenvalue weighted by atomic mass is 9.96. The van der Waals surface area contributed by atoms with Crippen LogP contribution in [0.5, 0.6) is 40.5 Å². The Bertz CT molecular complexity index is 6250. The number of nitrogen functional groups attached to an aromatic ring is 3. The zero-order valence-corrected chi connectivity index (χ0v) is 65.8. The number of fused-ring (bicyclic) bond motifs is 15. The van der Waals surface area contributed by atoms with Gasteiger partial charge < -0.3 is 76.5 Å². The summed E-state index contributed by atoms with van der Waals surface area (Å²) in [7, 11) is 11.6. The Balaban J connectivity index is 0.000000139. The van der Waals surface area contributed by atoms with E-state index in [9.17, 15) is 28.8 Å². The highest BCUT2D eigenvalue weighted by atomic mass is 35.5. The average molecular weight is 1600 g/mol. The second kappa shape index (κ2) is 33.7. The van der Waals surface area contributed by atoms with Crippen molar-refractivity contribution in [3.8, 4) is 91.1 Å². The first kappa shape index (κ1) is 78.4. The average Bonchev–Trinajstić information content (AvgIpc) is 1.57. The summed E-state index contributed by atoms with van der Waals surface area (Å²) in [6, 6.07) is 51.7. The van der Waals surface area contributed by atoms with E-state index in [1.165, 1.54) is 27.6 Å².